The molecule has 0 aromatic carbocycles. The average Bonchev–Trinajstić information content (AvgIpc) is 2.02. The zero-order valence-electron chi connectivity index (χ0n) is 11.0. The van der Waals surface area contributed by atoms with Crippen molar-refractivity contribution in [2.24, 2.45) is 5.41 Å². The Kier molecular flexibility index (Phi) is 7.43. The Morgan fingerprint density at radius 3 is 2.07 bits per heavy atom. The fraction of sp³-hybridized carbons (Fsp3) is 1.00. The van der Waals surface area contributed by atoms with Crippen molar-refractivity contribution in [3.8, 4) is 0 Å². The highest BCUT2D eigenvalue weighted by molar-refractivity contribution is 14.1. The van der Waals surface area contributed by atoms with Crippen LogP contribution in [0.25, 0.3) is 0 Å². The van der Waals surface area contributed by atoms with Crippen molar-refractivity contribution in [1.82, 2.24) is 0 Å². The highest BCUT2D eigenvalue weighted by Gasteiger charge is 2.20. The molecule has 0 spiro atoms. The van der Waals surface area contributed by atoms with Crippen molar-refractivity contribution in [1.29, 1.82) is 0 Å². The minimum absolute atomic E-state index is 0.0590. The van der Waals surface area contributed by atoms with Crippen LogP contribution < -0.4 is 0 Å². The van der Waals surface area contributed by atoms with Gasteiger partial charge in [0.15, 0.2) is 0 Å². The van der Waals surface area contributed by atoms with Gasteiger partial charge in [0.2, 0.25) is 0 Å². The molecule has 0 N–H and O–H groups in total. The van der Waals surface area contributed by atoms with E-state index in [9.17, 15) is 0 Å². The Balaban J connectivity index is 3.77. The van der Waals surface area contributed by atoms with E-state index >= 15 is 0 Å². The Bertz CT molecular complexity index is 146. The molecule has 0 saturated heterocycles. The van der Waals surface area contributed by atoms with Gasteiger partial charge < -0.3 is 4.74 Å². The molecule has 0 aliphatic heterocycles. The Labute approximate surface area is 109 Å². The summed E-state index contributed by atoms with van der Waals surface area (Å²) in [5, 5.41) is 0. The molecule has 15 heavy (non-hydrogen) atoms. The summed E-state index contributed by atoms with van der Waals surface area (Å²) >= 11 is 2.41. The third-order valence-corrected chi connectivity index (χ3v) is 3.43. The zero-order valence-corrected chi connectivity index (χ0v) is 13.2. The molecule has 0 saturated carbocycles. The van der Waals surface area contributed by atoms with Crippen molar-refractivity contribution in [3.63, 3.8) is 0 Å². The molecule has 0 amide bonds. The minimum Gasteiger partial charge on any atom is -0.376 e. The SMILES string of the molecule is CCCC(C)(C)CCOC(C)(C)CCI. The van der Waals surface area contributed by atoms with Crippen LogP contribution >= 0.6 is 22.6 Å². The molecule has 0 atom stereocenters. The molecular weight excluding hydrogens is 299 g/mol. The van der Waals surface area contributed by atoms with Gasteiger partial charge in [-0.05, 0) is 38.5 Å². The van der Waals surface area contributed by atoms with Gasteiger partial charge in [0, 0.05) is 11.0 Å². The van der Waals surface area contributed by atoms with Crippen LogP contribution in [0.3, 0.4) is 0 Å². The molecule has 0 aliphatic rings. The maximum Gasteiger partial charge on any atom is 0.0633 e. The topological polar surface area (TPSA) is 9.23 Å². The molecule has 0 heterocycles. The van der Waals surface area contributed by atoms with Crippen LogP contribution in [-0.4, -0.2) is 16.6 Å². The predicted octanol–water partition coefficient (Wildman–Crippen LogP) is 4.82. The van der Waals surface area contributed by atoms with Gasteiger partial charge in [0.25, 0.3) is 0 Å². The Hall–Kier alpha value is 0.690. The summed E-state index contributed by atoms with van der Waals surface area (Å²) in [6.45, 7) is 12.2. The summed E-state index contributed by atoms with van der Waals surface area (Å²) in [4.78, 5) is 0. The van der Waals surface area contributed by atoms with E-state index in [1.54, 1.807) is 0 Å². The summed E-state index contributed by atoms with van der Waals surface area (Å²) in [5.41, 5.74) is 0.499. The third-order valence-electron chi connectivity index (χ3n) is 2.89. The second kappa shape index (κ2) is 7.10. The monoisotopic (exact) mass is 326 g/mol. The maximum atomic E-state index is 5.95. The minimum atomic E-state index is 0.0590. The highest BCUT2D eigenvalue weighted by atomic mass is 127. The van der Waals surface area contributed by atoms with Crippen molar-refractivity contribution < 1.29 is 4.74 Å². The van der Waals surface area contributed by atoms with E-state index in [2.05, 4.69) is 57.2 Å². The molecule has 0 aromatic rings. The fourth-order valence-electron chi connectivity index (χ4n) is 1.71. The van der Waals surface area contributed by atoms with Crippen molar-refractivity contribution in [2.75, 3.05) is 11.0 Å². The molecule has 0 rings (SSSR count). The summed E-state index contributed by atoms with van der Waals surface area (Å²) in [6.07, 6.45) is 4.88. The quantitative estimate of drug-likeness (QED) is 0.459. The lowest BCUT2D eigenvalue weighted by Gasteiger charge is -2.29. The van der Waals surface area contributed by atoms with Gasteiger partial charge in [-0.2, -0.15) is 0 Å². The molecule has 2 heteroatoms. The van der Waals surface area contributed by atoms with Gasteiger partial charge in [-0.3, -0.25) is 0 Å². The van der Waals surface area contributed by atoms with Gasteiger partial charge in [0.1, 0.15) is 0 Å². The smallest absolute Gasteiger partial charge is 0.0633 e. The van der Waals surface area contributed by atoms with Gasteiger partial charge in [-0.1, -0.05) is 49.8 Å². The second-order valence-corrected chi connectivity index (χ2v) is 6.79. The van der Waals surface area contributed by atoms with Crippen LogP contribution in [0, 0.1) is 5.41 Å². The molecular formula is C13H27IO. The number of alkyl halides is 1. The standard InChI is InChI=1S/C13H27IO/c1-6-7-12(2,3)9-11-15-13(4,5)8-10-14/h6-11H2,1-5H3. The molecule has 92 valence electrons. The molecule has 0 unspecified atom stereocenters. The van der Waals surface area contributed by atoms with Crippen LogP contribution in [0.2, 0.25) is 0 Å². The first kappa shape index (κ1) is 15.7. The summed E-state index contributed by atoms with van der Waals surface area (Å²) in [5.74, 6) is 0. The number of halogens is 1. The zero-order chi connectivity index (χ0) is 11.9. The van der Waals surface area contributed by atoms with Crippen LogP contribution in [-0.2, 0) is 4.74 Å². The third kappa shape index (κ3) is 8.49. The molecule has 0 aliphatic carbocycles. The van der Waals surface area contributed by atoms with E-state index in [1.165, 1.54) is 23.7 Å². The first-order valence-corrected chi connectivity index (χ1v) is 7.55. The van der Waals surface area contributed by atoms with Crippen LogP contribution in [0.4, 0.5) is 0 Å². The molecule has 0 fully saturated rings. The Morgan fingerprint density at radius 2 is 1.60 bits per heavy atom. The van der Waals surface area contributed by atoms with E-state index in [0.29, 0.717) is 5.41 Å². The van der Waals surface area contributed by atoms with Gasteiger partial charge in [-0.15, -0.1) is 0 Å². The highest BCUT2D eigenvalue weighted by Crippen LogP contribution is 2.27. The Morgan fingerprint density at radius 1 is 1.00 bits per heavy atom. The number of hydrogen-bond acceptors (Lipinski definition) is 1. The van der Waals surface area contributed by atoms with Gasteiger partial charge in [0.05, 0.1) is 5.60 Å². The number of rotatable bonds is 8. The average molecular weight is 326 g/mol. The molecule has 1 nitrogen and oxygen atoms in total. The van der Waals surface area contributed by atoms with E-state index in [1.807, 2.05) is 0 Å². The first-order chi connectivity index (χ1) is 6.83. The van der Waals surface area contributed by atoms with Crippen LogP contribution in [0.1, 0.15) is 60.3 Å². The van der Waals surface area contributed by atoms with Gasteiger partial charge >= 0.3 is 0 Å². The maximum absolute atomic E-state index is 5.95. The van der Waals surface area contributed by atoms with Crippen molar-refractivity contribution >= 4 is 22.6 Å². The molecule has 0 aromatic heterocycles. The largest absolute Gasteiger partial charge is 0.376 e. The van der Waals surface area contributed by atoms with Crippen molar-refractivity contribution in [2.45, 2.75) is 65.9 Å². The summed E-state index contributed by atoms with van der Waals surface area (Å²) in [6, 6.07) is 0. The fourth-order valence-corrected chi connectivity index (χ4v) is 3.00. The van der Waals surface area contributed by atoms with E-state index in [-0.39, 0.29) is 5.60 Å². The number of hydrogen-bond donors (Lipinski definition) is 0. The lowest BCUT2D eigenvalue weighted by Crippen LogP contribution is -2.27. The van der Waals surface area contributed by atoms with Crippen molar-refractivity contribution in [3.05, 3.63) is 0 Å². The predicted molar refractivity (Wildman–Crippen MR) is 76.8 cm³/mol. The molecule has 0 radical (unpaired) electrons. The summed E-state index contributed by atoms with van der Waals surface area (Å²) < 4.78 is 7.12. The van der Waals surface area contributed by atoms with Crippen LogP contribution in [0.5, 0.6) is 0 Å². The van der Waals surface area contributed by atoms with E-state index < -0.39 is 0 Å². The van der Waals surface area contributed by atoms with Crippen LogP contribution in [0.15, 0.2) is 0 Å². The number of ether oxygens (including phenoxy) is 1. The second-order valence-electron chi connectivity index (χ2n) is 5.71. The molecule has 0 bridgehead atoms. The normalized spacial score (nSPS) is 13.2. The lowest BCUT2D eigenvalue weighted by molar-refractivity contribution is -0.0305. The van der Waals surface area contributed by atoms with E-state index in [4.69, 9.17) is 4.74 Å². The first-order valence-electron chi connectivity index (χ1n) is 6.03. The summed E-state index contributed by atoms with van der Waals surface area (Å²) in [7, 11) is 0. The lowest BCUT2D eigenvalue weighted by atomic mass is 9.85. The van der Waals surface area contributed by atoms with E-state index in [0.717, 1.165) is 13.0 Å². The van der Waals surface area contributed by atoms with Gasteiger partial charge in [-0.25, -0.2) is 0 Å².